The maximum atomic E-state index is 12.2. The SMILES string of the molecule is N#Cc1cc(Cl)c(C(F)F)nc1Br. The average molecular weight is 267 g/mol. The first kappa shape index (κ1) is 10.4. The van der Waals surface area contributed by atoms with Gasteiger partial charge in [-0.15, -0.1) is 0 Å². The molecule has 1 heterocycles. The number of nitriles is 1. The zero-order chi connectivity index (χ0) is 10.0. The molecule has 0 spiro atoms. The fraction of sp³-hybridized carbons (Fsp3) is 0.143. The van der Waals surface area contributed by atoms with Crippen LogP contribution < -0.4 is 0 Å². The first-order valence-electron chi connectivity index (χ1n) is 3.10. The van der Waals surface area contributed by atoms with E-state index in [9.17, 15) is 8.78 Å². The van der Waals surface area contributed by atoms with Crippen LogP contribution in [0, 0.1) is 11.3 Å². The Kier molecular flexibility index (Phi) is 3.17. The Morgan fingerprint density at radius 3 is 2.69 bits per heavy atom. The lowest BCUT2D eigenvalue weighted by molar-refractivity contribution is 0.146. The van der Waals surface area contributed by atoms with Gasteiger partial charge in [0.1, 0.15) is 16.4 Å². The monoisotopic (exact) mass is 266 g/mol. The van der Waals surface area contributed by atoms with E-state index in [1.54, 1.807) is 6.07 Å². The molecule has 1 aromatic heterocycles. The topological polar surface area (TPSA) is 36.7 Å². The Labute approximate surface area is 86.3 Å². The maximum Gasteiger partial charge on any atom is 0.281 e. The third-order valence-corrected chi connectivity index (χ3v) is 2.19. The van der Waals surface area contributed by atoms with Crippen molar-refractivity contribution in [3.8, 4) is 6.07 Å². The summed E-state index contributed by atoms with van der Waals surface area (Å²) in [4.78, 5) is 3.46. The number of nitrogens with zero attached hydrogens (tertiary/aromatic N) is 2. The molecule has 2 nitrogen and oxygen atoms in total. The lowest BCUT2D eigenvalue weighted by Crippen LogP contribution is -1.94. The number of aromatic nitrogens is 1. The molecule has 0 N–H and O–H groups in total. The Balaban J connectivity index is 3.31. The summed E-state index contributed by atoms with van der Waals surface area (Å²) < 4.78 is 24.5. The first-order chi connectivity index (χ1) is 6.06. The van der Waals surface area contributed by atoms with E-state index in [1.807, 2.05) is 0 Å². The van der Waals surface area contributed by atoms with Gasteiger partial charge in [-0.1, -0.05) is 11.6 Å². The molecule has 0 unspecified atom stereocenters. The summed E-state index contributed by atoms with van der Waals surface area (Å²) >= 11 is 8.34. The number of alkyl halides is 2. The van der Waals surface area contributed by atoms with Crippen LogP contribution in [0.1, 0.15) is 17.7 Å². The van der Waals surface area contributed by atoms with Gasteiger partial charge in [0.05, 0.1) is 10.6 Å². The van der Waals surface area contributed by atoms with Crippen LogP contribution in [0.3, 0.4) is 0 Å². The molecule has 0 aliphatic heterocycles. The normalized spacial score (nSPS) is 10.2. The van der Waals surface area contributed by atoms with Gasteiger partial charge < -0.3 is 0 Å². The molecule has 13 heavy (non-hydrogen) atoms. The molecule has 0 radical (unpaired) electrons. The van der Waals surface area contributed by atoms with Crippen molar-refractivity contribution in [1.82, 2.24) is 4.98 Å². The van der Waals surface area contributed by atoms with Crippen LogP contribution in [-0.2, 0) is 0 Å². The third kappa shape index (κ3) is 2.14. The molecule has 68 valence electrons. The predicted molar refractivity (Wildman–Crippen MR) is 46.6 cm³/mol. The molecule has 0 fully saturated rings. The van der Waals surface area contributed by atoms with E-state index in [0.717, 1.165) is 6.07 Å². The van der Waals surface area contributed by atoms with Crippen molar-refractivity contribution in [1.29, 1.82) is 5.26 Å². The molecule has 6 heteroatoms. The maximum absolute atomic E-state index is 12.2. The van der Waals surface area contributed by atoms with Crippen LogP contribution in [0.15, 0.2) is 10.7 Å². The molecule has 0 bridgehead atoms. The van der Waals surface area contributed by atoms with E-state index < -0.39 is 12.1 Å². The van der Waals surface area contributed by atoms with Crippen molar-refractivity contribution in [3.05, 3.63) is 26.9 Å². The molecule has 0 saturated carbocycles. The van der Waals surface area contributed by atoms with Crippen molar-refractivity contribution in [3.63, 3.8) is 0 Å². The smallest absolute Gasteiger partial charge is 0.237 e. The molecule has 0 aromatic carbocycles. The fourth-order valence-corrected chi connectivity index (χ4v) is 1.34. The second-order valence-electron chi connectivity index (χ2n) is 2.11. The van der Waals surface area contributed by atoms with Crippen LogP contribution in [0.25, 0.3) is 0 Å². The Hall–Kier alpha value is -0.730. The van der Waals surface area contributed by atoms with E-state index in [-0.39, 0.29) is 15.2 Å². The van der Waals surface area contributed by atoms with Crippen LogP contribution in [-0.4, -0.2) is 4.98 Å². The molecular formula is C7H2BrClF2N2. The van der Waals surface area contributed by atoms with E-state index in [4.69, 9.17) is 16.9 Å². The lowest BCUT2D eigenvalue weighted by Gasteiger charge is -2.03. The Bertz CT molecular complexity index is 375. The van der Waals surface area contributed by atoms with E-state index in [0.29, 0.717) is 0 Å². The predicted octanol–water partition coefficient (Wildman–Crippen LogP) is 3.31. The van der Waals surface area contributed by atoms with Crippen LogP contribution >= 0.6 is 27.5 Å². The van der Waals surface area contributed by atoms with Crippen molar-refractivity contribution >= 4 is 27.5 Å². The molecule has 0 aliphatic carbocycles. The summed E-state index contributed by atoms with van der Waals surface area (Å²) in [6.07, 6.45) is -2.74. The van der Waals surface area contributed by atoms with Gasteiger partial charge in [0.25, 0.3) is 6.43 Å². The number of hydrogen-bond acceptors (Lipinski definition) is 2. The fourth-order valence-electron chi connectivity index (χ4n) is 0.711. The van der Waals surface area contributed by atoms with Gasteiger partial charge in [-0.3, -0.25) is 0 Å². The Morgan fingerprint density at radius 1 is 1.62 bits per heavy atom. The van der Waals surface area contributed by atoms with Gasteiger partial charge in [-0.2, -0.15) is 5.26 Å². The largest absolute Gasteiger partial charge is 0.281 e. The standard InChI is InChI=1S/C7H2BrClF2N2/c8-6-3(2-12)1-4(9)5(13-6)7(10)11/h1,7H. The van der Waals surface area contributed by atoms with Gasteiger partial charge >= 0.3 is 0 Å². The van der Waals surface area contributed by atoms with E-state index in [1.165, 1.54) is 0 Å². The summed E-state index contributed by atoms with van der Waals surface area (Å²) in [5.74, 6) is 0. The van der Waals surface area contributed by atoms with Gasteiger partial charge in [0.2, 0.25) is 0 Å². The minimum Gasteiger partial charge on any atom is -0.237 e. The quantitative estimate of drug-likeness (QED) is 0.732. The number of rotatable bonds is 1. The zero-order valence-corrected chi connectivity index (χ0v) is 8.40. The number of hydrogen-bond donors (Lipinski definition) is 0. The van der Waals surface area contributed by atoms with Gasteiger partial charge in [-0.25, -0.2) is 13.8 Å². The Morgan fingerprint density at radius 2 is 2.23 bits per heavy atom. The van der Waals surface area contributed by atoms with Crippen molar-refractivity contribution in [2.45, 2.75) is 6.43 Å². The molecule has 0 amide bonds. The summed E-state index contributed by atoms with van der Waals surface area (Å²) in [6, 6.07) is 2.92. The van der Waals surface area contributed by atoms with Crippen molar-refractivity contribution in [2.75, 3.05) is 0 Å². The third-order valence-electron chi connectivity index (χ3n) is 1.28. The highest BCUT2D eigenvalue weighted by Gasteiger charge is 2.16. The minimum atomic E-state index is -2.74. The lowest BCUT2D eigenvalue weighted by atomic mass is 10.3. The molecule has 0 saturated heterocycles. The summed E-state index contributed by atoms with van der Waals surface area (Å²) in [5, 5.41) is 8.31. The minimum absolute atomic E-state index is 0.0784. The summed E-state index contributed by atoms with van der Waals surface area (Å²) in [5.41, 5.74) is -0.387. The van der Waals surface area contributed by atoms with Crippen molar-refractivity contribution < 1.29 is 8.78 Å². The number of pyridine rings is 1. The number of halogens is 4. The summed E-state index contributed by atoms with van der Waals surface area (Å²) in [7, 11) is 0. The second-order valence-corrected chi connectivity index (χ2v) is 3.26. The van der Waals surface area contributed by atoms with Crippen LogP contribution in [0.5, 0.6) is 0 Å². The van der Waals surface area contributed by atoms with Gasteiger partial charge in [0, 0.05) is 0 Å². The molecular weight excluding hydrogens is 265 g/mol. The molecule has 0 aliphatic rings. The molecule has 1 rings (SSSR count). The molecule has 1 aromatic rings. The highest BCUT2D eigenvalue weighted by atomic mass is 79.9. The van der Waals surface area contributed by atoms with E-state index in [2.05, 4.69) is 20.9 Å². The van der Waals surface area contributed by atoms with E-state index >= 15 is 0 Å². The summed E-state index contributed by atoms with van der Waals surface area (Å²) in [6.45, 7) is 0. The van der Waals surface area contributed by atoms with Crippen molar-refractivity contribution in [2.24, 2.45) is 0 Å². The zero-order valence-electron chi connectivity index (χ0n) is 6.06. The second kappa shape index (κ2) is 3.99. The van der Waals surface area contributed by atoms with Gasteiger partial charge in [0.15, 0.2) is 0 Å². The highest BCUT2D eigenvalue weighted by Crippen LogP contribution is 2.28. The van der Waals surface area contributed by atoms with Gasteiger partial charge in [-0.05, 0) is 22.0 Å². The average Bonchev–Trinajstić information content (AvgIpc) is 2.07. The first-order valence-corrected chi connectivity index (χ1v) is 4.27. The highest BCUT2D eigenvalue weighted by molar-refractivity contribution is 9.10. The van der Waals surface area contributed by atoms with Crippen LogP contribution in [0.2, 0.25) is 5.02 Å². The molecule has 0 atom stereocenters. The van der Waals surface area contributed by atoms with Crippen LogP contribution in [0.4, 0.5) is 8.78 Å².